The maximum Gasteiger partial charge on any atom is 0.286 e. The van der Waals surface area contributed by atoms with Gasteiger partial charge in [-0.3, -0.25) is 9.59 Å². The van der Waals surface area contributed by atoms with Crippen LogP contribution in [0.1, 0.15) is 17.4 Å². The zero-order valence-corrected chi connectivity index (χ0v) is 18.0. The Morgan fingerprint density at radius 1 is 1.14 bits per heavy atom. The van der Waals surface area contributed by atoms with Gasteiger partial charge in [-0.25, -0.2) is 4.98 Å². The van der Waals surface area contributed by atoms with Crippen molar-refractivity contribution >= 4 is 39.9 Å². The molecule has 0 radical (unpaired) electrons. The molecule has 2 aromatic carbocycles. The lowest BCUT2D eigenvalue weighted by molar-refractivity contribution is 0.102. The van der Waals surface area contributed by atoms with Crippen molar-refractivity contribution in [2.75, 3.05) is 26.0 Å². The molecule has 0 bridgehead atoms. The smallest absolute Gasteiger partial charge is 0.286 e. The van der Waals surface area contributed by atoms with Crippen LogP contribution < -0.4 is 10.1 Å². The summed E-state index contributed by atoms with van der Waals surface area (Å²) in [4.78, 5) is 31.3. The number of ether oxygens (including phenoxy) is 1. The van der Waals surface area contributed by atoms with E-state index < -0.39 is 0 Å². The number of benzene rings is 2. The zero-order valence-electron chi connectivity index (χ0n) is 16.3. The van der Waals surface area contributed by atoms with Gasteiger partial charge in [0.2, 0.25) is 0 Å². The molecule has 1 aromatic heterocycles. The van der Waals surface area contributed by atoms with Gasteiger partial charge < -0.3 is 15.0 Å². The predicted octanol–water partition coefficient (Wildman–Crippen LogP) is 5.23. The second-order valence-corrected chi connectivity index (χ2v) is 8.06. The SMILES string of the molecule is CCOc1ccc(-c2nc(C(=O)Nc3ccccc3SC(=O)N(C)C)cs2)cc1. The van der Waals surface area contributed by atoms with Gasteiger partial charge in [-0.2, -0.15) is 0 Å². The molecule has 8 heteroatoms. The Hall–Kier alpha value is -2.84. The predicted molar refractivity (Wildman–Crippen MR) is 118 cm³/mol. The number of amides is 2. The van der Waals surface area contributed by atoms with Crippen molar-refractivity contribution in [3.05, 3.63) is 59.6 Å². The minimum absolute atomic E-state index is 0.113. The molecule has 0 aliphatic rings. The normalized spacial score (nSPS) is 10.4. The van der Waals surface area contributed by atoms with Crippen molar-refractivity contribution in [3.8, 4) is 16.3 Å². The first-order valence-electron chi connectivity index (χ1n) is 8.96. The van der Waals surface area contributed by atoms with Crippen LogP contribution in [-0.4, -0.2) is 41.7 Å². The Bertz CT molecular complexity index is 1000. The average Bonchev–Trinajstić information content (AvgIpc) is 3.20. The van der Waals surface area contributed by atoms with E-state index in [1.807, 2.05) is 43.3 Å². The molecule has 0 unspecified atom stereocenters. The van der Waals surface area contributed by atoms with E-state index in [1.54, 1.807) is 31.6 Å². The van der Waals surface area contributed by atoms with Crippen molar-refractivity contribution in [1.29, 1.82) is 0 Å². The Morgan fingerprint density at radius 2 is 1.86 bits per heavy atom. The fraction of sp³-hybridized carbons (Fsp3) is 0.190. The highest BCUT2D eigenvalue weighted by Gasteiger charge is 2.16. The van der Waals surface area contributed by atoms with Crippen molar-refractivity contribution in [1.82, 2.24) is 9.88 Å². The molecule has 150 valence electrons. The molecule has 3 rings (SSSR count). The maximum absolute atomic E-state index is 12.7. The Kier molecular flexibility index (Phi) is 6.90. The Morgan fingerprint density at radius 3 is 2.55 bits per heavy atom. The van der Waals surface area contributed by atoms with E-state index in [4.69, 9.17) is 4.74 Å². The van der Waals surface area contributed by atoms with E-state index in [2.05, 4.69) is 10.3 Å². The molecule has 29 heavy (non-hydrogen) atoms. The number of para-hydroxylation sites is 1. The van der Waals surface area contributed by atoms with Crippen molar-refractivity contribution < 1.29 is 14.3 Å². The van der Waals surface area contributed by atoms with Gasteiger partial charge in [0.15, 0.2) is 0 Å². The summed E-state index contributed by atoms with van der Waals surface area (Å²) in [6.07, 6.45) is 0. The van der Waals surface area contributed by atoms with E-state index in [1.165, 1.54) is 16.2 Å². The fourth-order valence-corrected chi connectivity index (χ4v) is 3.95. The molecular formula is C21H21N3O3S2. The molecule has 3 aromatic rings. The fourth-order valence-electron chi connectivity index (χ4n) is 2.40. The number of carbonyl (C=O) groups is 2. The van der Waals surface area contributed by atoms with Gasteiger partial charge in [0.1, 0.15) is 16.5 Å². The molecule has 0 spiro atoms. The number of thioether (sulfide) groups is 1. The maximum atomic E-state index is 12.7. The lowest BCUT2D eigenvalue weighted by atomic mass is 10.2. The van der Waals surface area contributed by atoms with Crippen molar-refractivity contribution in [3.63, 3.8) is 0 Å². The minimum Gasteiger partial charge on any atom is -0.494 e. The average molecular weight is 428 g/mol. The molecule has 0 saturated carbocycles. The Balaban J connectivity index is 1.73. The third kappa shape index (κ3) is 5.36. The molecule has 0 saturated heterocycles. The van der Waals surface area contributed by atoms with E-state index in [9.17, 15) is 9.59 Å². The van der Waals surface area contributed by atoms with E-state index in [0.717, 1.165) is 28.1 Å². The monoisotopic (exact) mass is 427 g/mol. The molecule has 6 nitrogen and oxygen atoms in total. The van der Waals surface area contributed by atoms with E-state index >= 15 is 0 Å². The number of carbonyl (C=O) groups excluding carboxylic acids is 2. The summed E-state index contributed by atoms with van der Waals surface area (Å²) < 4.78 is 5.45. The van der Waals surface area contributed by atoms with Crippen LogP contribution in [0.2, 0.25) is 0 Å². The van der Waals surface area contributed by atoms with Gasteiger partial charge in [-0.15, -0.1) is 11.3 Å². The highest BCUT2D eigenvalue weighted by molar-refractivity contribution is 8.13. The number of hydrogen-bond donors (Lipinski definition) is 1. The van der Waals surface area contributed by atoms with Gasteiger partial charge in [0, 0.05) is 29.9 Å². The number of anilines is 1. The van der Waals surface area contributed by atoms with Crippen LogP contribution >= 0.6 is 23.1 Å². The highest BCUT2D eigenvalue weighted by atomic mass is 32.2. The molecule has 0 aliphatic heterocycles. The van der Waals surface area contributed by atoms with Gasteiger partial charge in [-0.1, -0.05) is 12.1 Å². The lowest BCUT2D eigenvalue weighted by Crippen LogP contribution is -2.17. The van der Waals surface area contributed by atoms with Crippen LogP contribution in [0.25, 0.3) is 10.6 Å². The molecule has 1 N–H and O–H groups in total. The van der Waals surface area contributed by atoms with Crippen molar-refractivity contribution in [2.24, 2.45) is 0 Å². The summed E-state index contributed by atoms with van der Waals surface area (Å²) in [5.41, 5.74) is 1.83. The standard InChI is InChI=1S/C21H21N3O3S2/c1-4-27-15-11-9-14(10-12-15)20-23-17(13-28-20)19(25)22-16-7-5-6-8-18(16)29-21(26)24(2)3/h5-13H,4H2,1-3H3,(H,22,25). The summed E-state index contributed by atoms with van der Waals surface area (Å²) in [6, 6.07) is 14.8. The zero-order chi connectivity index (χ0) is 20.8. The Labute approximate surface area is 177 Å². The minimum atomic E-state index is -0.316. The van der Waals surface area contributed by atoms with Gasteiger partial charge in [0.25, 0.3) is 11.1 Å². The number of aromatic nitrogens is 1. The van der Waals surface area contributed by atoms with Crippen molar-refractivity contribution in [2.45, 2.75) is 11.8 Å². The third-order valence-electron chi connectivity index (χ3n) is 3.85. The van der Waals surface area contributed by atoms with Crippen LogP contribution in [0, 0.1) is 0 Å². The number of hydrogen-bond acceptors (Lipinski definition) is 6. The molecule has 2 amide bonds. The summed E-state index contributed by atoms with van der Waals surface area (Å²) in [7, 11) is 3.38. The second kappa shape index (κ2) is 9.58. The third-order valence-corrected chi connectivity index (χ3v) is 5.85. The first-order chi connectivity index (χ1) is 14.0. The summed E-state index contributed by atoms with van der Waals surface area (Å²) in [6.45, 7) is 2.55. The van der Waals surface area contributed by atoms with Crippen LogP contribution in [0.5, 0.6) is 5.75 Å². The van der Waals surface area contributed by atoms with Crippen LogP contribution in [0.15, 0.2) is 58.8 Å². The van der Waals surface area contributed by atoms with E-state index in [0.29, 0.717) is 22.9 Å². The van der Waals surface area contributed by atoms with Crippen LogP contribution in [0.4, 0.5) is 10.5 Å². The number of nitrogens with one attached hydrogen (secondary N) is 1. The van der Waals surface area contributed by atoms with Crippen LogP contribution in [-0.2, 0) is 0 Å². The van der Waals surface area contributed by atoms with Gasteiger partial charge in [-0.05, 0) is 55.1 Å². The second-order valence-electron chi connectivity index (χ2n) is 6.21. The molecule has 0 aliphatic carbocycles. The van der Waals surface area contributed by atoms with Gasteiger partial charge in [0.05, 0.1) is 12.3 Å². The van der Waals surface area contributed by atoms with Crippen LogP contribution in [0.3, 0.4) is 0 Å². The summed E-state index contributed by atoms with van der Waals surface area (Å²) >= 11 is 2.47. The molecular weight excluding hydrogens is 406 g/mol. The first kappa shape index (κ1) is 20.9. The molecule has 0 atom stereocenters. The first-order valence-corrected chi connectivity index (χ1v) is 10.7. The largest absolute Gasteiger partial charge is 0.494 e. The number of rotatable bonds is 6. The summed E-state index contributed by atoms with van der Waals surface area (Å²) in [5.74, 6) is 0.482. The number of nitrogens with zero attached hydrogens (tertiary/aromatic N) is 2. The van der Waals surface area contributed by atoms with Gasteiger partial charge >= 0.3 is 0 Å². The number of thiazole rings is 1. The molecule has 0 fully saturated rings. The molecule has 1 heterocycles. The summed E-state index contributed by atoms with van der Waals surface area (Å²) in [5, 5.41) is 5.22. The lowest BCUT2D eigenvalue weighted by Gasteiger charge is -2.12. The topological polar surface area (TPSA) is 71.5 Å². The highest BCUT2D eigenvalue weighted by Crippen LogP contribution is 2.30. The van der Waals surface area contributed by atoms with E-state index in [-0.39, 0.29) is 11.1 Å². The quantitative estimate of drug-likeness (QED) is 0.545.